The van der Waals surface area contributed by atoms with Gasteiger partial charge in [-0.3, -0.25) is 9.59 Å². The summed E-state index contributed by atoms with van der Waals surface area (Å²) in [5.74, 6) is -0.0261. The van der Waals surface area contributed by atoms with Crippen molar-refractivity contribution in [1.29, 1.82) is 0 Å². The van der Waals surface area contributed by atoms with Crippen LogP contribution in [-0.4, -0.2) is 23.3 Å². The number of carbonyl (C=O) groups is 2. The zero-order valence-electron chi connectivity index (χ0n) is 14.3. The minimum absolute atomic E-state index is 0.122. The number of carbonyl (C=O) groups excluding carboxylic acids is 2. The molecule has 132 valence electrons. The number of rotatable bonds is 7. The molecule has 3 rings (SSSR count). The zero-order valence-corrected chi connectivity index (χ0v) is 14.3. The minimum Gasteiger partial charge on any atom is -0.457 e. The summed E-state index contributed by atoms with van der Waals surface area (Å²) >= 11 is 0. The van der Waals surface area contributed by atoms with E-state index in [1.54, 1.807) is 11.0 Å². The van der Waals surface area contributed by atoms with Gasteiger partial charge in [0.2, 0.25) is 11.8 Å². The van der Waals surface area contributed by atoms with Crippen LogP contribution in [0.5, 0.6) is 0 Å². The fourth-order valence-corrected chi connectivity index (χ4v) is 2.66. The van der Waals surface area contributed by atoms with Crippen LogP contribution in [0.2, 0.25) is 0 Å². The monoisotopic (exact) mass is 348 g/mol. The largest absolute Gasteiger partial charge is 0.457 e. The van der Waals surface area contributed by atoms with Crippen molar-refractivity contribution < 1.29 is 14.0 Å². The molecular formula is C21H20N2O3. The maximum Gasteiger partial charge on any atom is 0.247 e. The van der Waals surface area contributed by atoms with Gasteiger partial charge in [-0.1, -0.05) is 48.5 Å². The lowest BCUT2D eigenvalue weighted by molar-refractivity contribution is -0.127. The summed E-state index contributed by atoms with van der Waals surface area (Å²) in [7, 11) is 0. The smallest absolute Gasteiger partial charge is 0.247 e. The molecule has 0 aliphatic rings. The predicted octanol–water partition coefficient (Wildman–Crippen LogP) is 3.35. The normalized spacial score (nSPS) is 11.1. The van der Waals surface area contributed by atoms with E-state index in [0.717, 1.165) is 16.5 Å². The quantitative estimate of drug-likeness (QED) is 0.665. The summed E-state index contributed by atoms with van der Waals surface area (Å²) in [5, 5.41) is 0.981. The van der Waals surface area contributed by atoms with E-state index in [-0.39, 0.29) is 18.9 Å². The van der Waals surface area contributed by atoms with Gasteiger partial charge in [-0.25, -0.2) is 0 Å². The number of amides is 2. The number of para-hydroxylation sites is 1. The second-order valence-electron chi connectivity index (χ2n) is 5.98. The van der Waals surface area contributed by atoms with Crippen molar-refractivity contribution in [2.24, 2.45) is 5.73 Å². The second-order valence-corrected chi connectivity index (χ2v) is 5.98. The zero-order chi connectivity index (χ0) is 18.4. The molecule has 2 aromatic carbocycles. The number of furan rings is 1. The van der Waals surface area contributed by atoms with Crippen LogP contribution in [0.1, 0.15) is 17.7 Å². The predicted molar refractivity (Wildman–Crippen MR) is 101 cm³/mol. The topological polar surface area (TPSA) is 76.5 Å². The third kappa shape index (κ3) is 4.60. The number of primary amides is 1. The first kappa shape index (κ1) is 17.5. The van der Waals surface area contributed by atoms with Gasteiger partial charge in [0.05, 0.1) is 0 Å². The molecular weight excluding hydrogens is 328 g/mol. The van der Waals surface area contributed by atoms with E-state index < -0.39 is 5.91 Å². The molecule has 1 heterocycles. The Hall–Kier alpha value is -3.34. The van der Waals surface area contributed by atoms with Crippen LogP contribution < -0.4 is 5.73 Å². The van der Waals surface area contributed by atoms with Crippen molar-refractivity contribution in [3.8, 4) is 0 Å². The van der Waals surface area contributed by atoms with Crippen LogP contribution in [-0.2, 0) is 16.1 Å². The molecule has 5 heteroatoms. The Morgan fingerprint density at radius 1 is 1.04 bits per heavy atom. The van der Waals surface area contributed by atoms with Crippen LogP contribution in [0, 0.1) is 0 Å². The van der Waals surface area contributed by atoms with Crippen LogP contribution in [0.25, 0.3) is 17.0 Å². The summed E-state index contributed by atoms with van der Waals surface area (Å²) in [4.78, 5) is 25.3. The average molecular weight is 348 g/mol. The summed E-state index contributed by atoms with van der Waals surface area (Å²) in [6.45, 7) is 0.685. The van der Waals surface area contributed by atoms with Gasteiger partial charge in [-0.15, -0.1) is 0 Å². The van der Waals surface area contributed by atoms with Crippen molar-refractivity contribution in [3.05, 3.63) is 78.1 Å². The molecule has 0 spiro atoms. The van der Waals surface area contributed by atoms with Crippen molar-refractivity contribution in [3.63, 3.8) is 0 Å². The molecule has 0 aliphatic heterocycles. The summed E-state index contributed by atoms with van der Waals surface area (Å²) in [6.07, 6.45) is 3.23. The summed E-state index contributed by atoms with van der Waals surface area (Å²) in [5.41, 5.74) is 6.99. The Labute approximate surface area is 151 Å². The van der Waals surface area contributed by atoms with Crippen LogP contribution in [0.4, 0.5) is 0 Å². The van der Waals surface area contributed by atoms with E-state index in [1.165, 1.54) is 6.08 Å². The van der Waals surface area contributed by atoms with Crippen LogP contribution in [0.15, 0.2) is 71.2 Å². The third-order valence-electron chi connectivity index (χ3n) is 3.99. The molecule has 0 unspecified atom stereocenters. The minimum atomic E-state index is -0.433. The van der Waals surface area contributed by atoms with Gasteiger partial charge in [0.15, 0.2) is 0 Å². The maximum atomic E-state index is 12.6. The van der Waals surface area contributed by atoms with E-state index in [9.17, 15) is 9.59 Å². The van der Waals surface area contributed by atoms with Gasteiger partial charge in [-0.05, 0) is 23.8 Å². The lowest BCUT2D eigenvalue weighted by Crippen LogP contribution is -2.32. The Balaban J connectivity index is 1.73. The number of hydrogen-bond donors (Lipinski definition) is 1. The number of fused-ring (bicyclic) bond motifs is 1. The van der Waals surface area contributed by atoms with E-state index in [0.29, 0.717) is 12.3 Å². The third-order valence-corrected chi connectivity index (χ3v) is 3.99. The van der Waals surface area contributed by atoms with Gasteiger partial charge in [-0.2, -0.15) is 0 Å². The molecule has 3 aromatic rings. The highest BCUT2D eigenvalue weighted by Crippen LogP contribution is 2.19. The fraction of sp³-hybridized carbons (Fsp3) is 0.143. The van der Waals surface area contributed by atoms with Gasteiger partial charge < -0.3 is 15.1 Å². The molecule has 26 heavy (non-hydrogen) atoms. The highest BCUT2D eigenvalue weighted by atomic mass is 16.3. The molecule has 0 aliphatic carbocycles. The number of nitrogens with zero attached hydrogens (tertiary/aromatic N) is 1. The van der Waals surface area contributed by atoms with Crippen molar-refractivity contribution in [2.45, 2.75) is 13.0 Å². The molecule has 1 aromatic heterocycles. The molecule has 0 bridgehead atoms. The first-order valence-corrected chi connectivity index (χ1v) is 8.39. The molecule has 2 N–H and O–H groups in total. The van der Waals surface area contributed by atoms with Crippen molar-refractivity contribution >= 4 is 28.9 Å². The lowest BCUT2D eigenvalue weighted by Gasteiger charge is -2.20. The van der Waals surface area contributed by atoms with E-state index in [2.05, 4.69) is 0 Å². The Morgan fingerprint density at radius 2 is 1.77 bits per heavy atom. The molecule has 0 saturated heterocycles. The molecule has 5 nitrogen and oxygen atoms in total. The SMILES string of the molecule is NC(=O)CCN(Cc1ccccc1)C(=O)/C=C/c1cc2ccccc2o1. The molecule has 2 amide bonds. The Bertz CT molecular complexity index is 896. The molecule has 0 saturated carbocycles. The Morgan fingerprint density at radius 3 is 2.50 bits per heavy atom. The average Bonchev–Trinajstić information content (AvgIpc) is 3.07. The maximum absolute atomic E-state index is 12.6. The molecule has 0 radical (unpaired) electrons. The lowest BCUT2D eigenvalue weighted by atomic mass is 10.2. The van der Waals surface area contributed by atoms with E-state index in [1.807, 2.05) is 60.7 Å². The van der Waals surface area contributed by atoms with Crippen molar-refractivity contribution in [1.82, 2.24) is 4.90 Å². The Kier molecular flexibility index (Phi) is 5.49. The second kappa shape index (κ2) is 8.16. The first-order chi connectivity index (χ1) is 12.6. The highest BCUT2D eigenvalue weighted by molar-refractivity contribution is 5.92. The highest BCUT2D eigenvalue weighted by Gasteiger charge is 2.13. The van der Waals surface area contributed by atoms with E-state index >= 15 is 0 Å². The van der Waals surface area contributed by atoms with Gasteiger partial charge >= 0.3 is 0 Å². The standard InChI is InChI=1S/C21H20N2O3/c22-20(24)12-13-23(15-16-6-2-1-3-7-16)21(25)11-10-18-14-17-8-4-5-9-19(17)26-18/h1-11,14H,12-13,15H2,(H2,22,24)/b11-10+. The number of benzene rings is 2. The molecule has 0 fully saturated rings. The van der Waals surface area contributed by atoms with Gasteiger partial charge in [0.25, 0.3) is 0 Å². The van der Waals surface area contributed by atoms with Gasteiger partial charge in [0, 0.05) is 31.0 Å². The van der Waals surface area contributed by atoms with Crippen molar-refractivity contribution in [2.75, 3.05) is 6.54 Å². The summed E-state index contributed by atoms with van der Waals surface area (Å²) in [6, 6.07) is 19.2. The van der Waals surface area contributed by atoms with Gasteiger partial charge in [0.1, 0.15) is 11.3 Å². The summed E-state index contributed by atoms with van der Waals surface area (Å²) < 4.78 is 5.68. The first-order valence-electron chi connectivity index (χ1n) is 8.39. The van der Waals surface area contributed by atoms with E-state index in [4.69, 9.17) is 10.2 Å². The number of nitrogens with two attached hydrogens (primary N) is 1. The molecule has 0 atom stereocenters. The van der Waals surface area contributed by atoms with Crippen LogP contribution in [0.3, 0.4) is 0 Å². The fourth-order valence-electron chi connectivity index (χ4n) is 2.66. The van der Waals surface area contributed by atoms with Crippen LogP contribution >= 0.6 is 0 Å². The number of hydrogen-bond acceptors (Lipinski definition) is 3.